The first-order valence-electron chi connectivity index (χ1n) is 6.05. The lowest BCUT2D eigenvalue weighted by molar-refractivity contribution is 0.184. The zero-order valence-corrected chi connectivity index (χ0v) is 11.6. The van der Waals surface area contributed by atoms with Crippen molar-refractivity contribution in [2.45, 2.75) is 31.8 Å². The standard InChI is InChI=1S/C13H16ClFN2S/c14-11-7-10(15)5-4-9(11)8-17-6-2-1-3-12(17)13(16)18/h4-5,7,12H,1-3,6,8H2,(H2,16,18). The highest BCUT2D eigenvalue weighted by Crippen LogP contribution is 2.24. The molecule has 0 radical (unpaired) electrons. The summed E-state index contributed by atoms with van der Waals surface area (Å²) in [5.41, 5.74) is 6.69. The summed E-state index contributed by atoms with van der Waals surface area (Å²) in [4.78, 5) is 2.76. The third-order valence-corrected chi connectivity index (χ3v) is 3.95. The van der Waals surface area contributed by atoms with Crippen LogP contribution in [0.5, 0.6) is 0 Å². The van der Waals surface area contributed by atoms with Gasteiger partial charge in [-0.25, -0.2) is 4.39 Å². The van der Waals surface area contributed by atoms with E-state index in [4.69, 9.17) is 29.6 Å². The maximum atomic E-state index is 13.0. The van der Waals surface area contributed by atoms with Gasteiger partial charge in [0.1, 0.15) is 5.82 Å². The van der Waals surface area contributed by atoms with E-state index in [1.165, 1.54) is 12.1 Å². The number of thiocarbonyl (C=S) groups is 1. The van der Waals surface area contributed by atoms with Crippen molar-refractivity contribution in [2.24, 2.45) is 5.73 Å². The Morgan fingerprint density at radius 1 is 1.50 bits per heavy atom. The summed E-state index contributed by atoms with van der Waals surface area (Å²) in [5.74, 6) is -0.312. The minimum Gasteiger partial charge on any atom is -0.392 e. The fraction of sp³-hybridized carbons (Fsp3) is 0.462. The van der Waals surface area contributed by atoms with E-state index in [2.05, 4.69) is 4.90 Å². The molecule has 0 spiro atoms. The fourth-order valence-corrected chi connectivity index (χ4v) is 2.87. The summed E-state index contributed by atoms with van der Waals surface area (Å²) in [6.07, 6.45) is 3.28. The highest BCUT2D eigenvalue weighted by Gasteiger charge is 2.24. The zero-order valence-electron chi connectivity index (χ0n) is 10.0. The third-order valence-electron chi connectivity index (χ3n) is 3.33. The molecule has 2 rings (SSSR count). The summed E-state index contributed by atoms with van der Waals surface area (Å²) >= 11 is 11.2. The summed E-state index contributed by atoms with van der Waals surface area (Å²) in [6.45, 7) is 1.62. The molecule has 98 valence electrons. The number of benzene rings is 1. The van der Waals surface area contributed by atoms with E-state index in [0.29, 0.717) is 16.6 Å². The Balaban J connectivity index is 2.13. The lowest BCUT2D eigenvalue weighted by Gasteiger charge is -2.35. The normalized spacial score (nSPS) is 20.9. The second-order valence-corrected chi connectivity index (χ2v) is 5.50. The number of halogens is 2. The minimum absolute atomic E-state index is 0.134. The minimum atomic E-state index is -0.312. The van der Waals surface area contributed by atoms with Crippen LogP contribution in [-0.2, 0) is 6.54 Å². The number of nitrogens with zero attached hydrogens (tertiary/aromatic N) is 1. The van der Waals surface area contributed by atoms with Crippen LogP contribution >= 0.6 is 23.8 Å². The zero-order chi connectivity index (χ0) is 13.1. The highest BCUT2D eigenvalue weighted by atomic mass is 35.5. The predicted octanol–water partition coefficient (Wildman–Crippen LogP) is 3.12. The molecule has 1 aliphatic heterocycles. The first-order chi connectivity index (χ1) is 8.58. The maximum absolute atomic E-state index is 13.0. The number of likely N-dealkylation sites (tertiary alicyclic amines) is 1. The number of rotatable bonds is 3. The van der Waals surface area contributed by atoms with E-state index in [0.717, 1.165) is 31.4 Å². The van der Waals surface area contributed by atoms with Gasteiger partial charge in [0.15, 0.2) is 0 Å². The van der Waals surface area contributed by atoms with Gasteiger partial charge in [0.25, 0.3) is 0 Å². The second kappa shape index (κ2) is 5.95. The van der Waals surface area contributed by atoms with Crippen LogP contribution in [-0.4, -0.2) is 22.5 Å². The van der Waals surface area contributed by atoms with E-state index in [1.807, 2.05) is 0 Å². The van der Waals surface area contributed by atoms with Crippen LogP contribution in [0.25, 0.3) is 0 Å². The lowest BCUT2D eigenvalue weighted by atomic mass is 10.0. The molecule has 0 aromatic heterocycles. The van der Waals surface area contributed by atoms with E-state index in [9.17, 15) is 4.39 Å². The van der Waals surface area contributed by atoms with Gasteiger partial charge in [-0.3, -0.25) is 4.90 Å². The Bertz CT molecular complexity index is 453. The summed E-state index contributed by atoms with van der Waals surface area (Å²) < 4.78 is 13.0. The Morgan fingerprint density at radius 3 is 2.94 bits per heavy atom. The van der Waals surface area contributed by atoms with Crippen LogP contribution in [0.2, 0.25) is 5.02 Å². The molecule has 18 heavy (non-hydrogen) atoms. The van der Waals surface area contributed by atoms with Crippen molar-refractivity contribution in [1.29, 1.82) is 0 Å². The Labute approximate surface area is 117 Å². The molecule has 1 aromatic carbocycles. The van der Waals surface area contributed by atoms with E-state index < -0.39 is 0 Å². The quantitative estimate of drug-likeness (QED) is 0.866. The van der Waals surface area contributed by atoms with E-state index in [-0.39, 0.29) is 11.9 Å². The molecule has 1 unspecified atom stereocenters. The molecule has 0 saturated carbocycles. The Morgan fingerprint density at radius 2 is 2.28 bits per heavy atom. The van der Waals surface area contributed by atoms with E-state index in [1.54, 1.807) is 6.07 Å². The molecule has 1 aromatic rings. The molecule has 1 saturated heterocycles. The Kier molecular flexibility index (Phi) is 4.54. The van der Waals surface area contributed by atoms with Gasteiger partial charge in [-0.15, -0.1) is 0 Å². The number of hydrogen-bond donors (Lipinski definition) is 1. The SMILES string of the molecule is NC(=S)C1CCCCN1Cc1ccc(F)cc1Cl. The third kappa shape index (κ3) is 3.19. The van der Waals surface area contributed by atoms with Crippen molar-refractivity contribution in [2.75, 3.05) is 6.54 Å². The largest absolute Gasteiger partial charge is 0.392 e. The molecule has 5 heteroatoms. The molecular weight excluding hydrogens is 271 g/mol. The Hall–Kier alpha value is -0.710. The van der Waals surface area contributed by atoms with Crippen molar-refractivity contribution in [1.82, 2.24) is 4.90 Å². The van der Waals surface area contributed by atoms with Crippen molar-refractivity contribution < 1.29 is 4.39 Å². The average molecular weight is 287 g/mol. The smallest absolute Gasteiger partial charge is 0.124 e. The van der Waals surface area contributed by atoms with Gasteiger partial charge in [-0.1, -0.05) is 36.3 Å². The van der Waals surface area contributed by atoms with E-state index >= 15 is 0 Å². The van der Waals surface area contributed by atoms with Gasteiger partial charge in [0, 0.05) is 11.6 Å². The van der Waals surface area contributed by atoms with Gasteiger partial charge in [-0.05, 0) is 37.1 Å². The van der Waals surface area contributed by atoms with Gasteiger partial charge in [0.2, 0.25) is 0 Å². The number of hydrogen-bond acceptors (Lipinski definition) is 2. The average Bonchev–Trinajstić information content (AvgIpc) is 2.33. The maximum Gasteiger partial charge on any atom is 0.124 e. The molecule has 1 aliphatic rings. The van der Waals surface area contributed by atoms with Crippen LogP contribution in [0.3, 0.4) is 0 Å². The molecule has 1 atom stereocenters. The molecule has 0 amide bonds. The molecule has 0 aliphatic carbocycles. The first-order valence-corrected chi connectivity index (χ1v) is 6.84. The molecule has 1 fully saturated rings. The lowest BCUT2D eigenvalue weighted by Crippen LogP contribution is -2.46. The molecule has 1 heterocycles. The summed E-state index contributed by atoms with van der Waals surface area (Å²) in [7, 11) is 0. The molecular formula is C13H16ClFN2S. The monoisotopic (exact) mass is 286 g/mol. The van der Waals surface area contributed by atoms with Crippen LogP contribution in [0.1, 0.15) is 24.8 Å². The van der Waals surface area contributed by atoms with Crippen LogP contribution in [0.4, 0.5) is 4.39 Å². The molecule has 2 nitrogen and oxygen atoms in total. The van der Waals surface area contributed by atoms with Gasteiger partial charge >= 0.3 is 0 Å². The number of nitrogens with two attached hydrogens (primary N) is 1. The van der Waals surface area contributed by atoms with Crippen molar-refractivity contribution in [3.05, 3.63) is 34.6 Å². The van der Waals surface area contributed by atoms with Gasteiger partial charge in [-0.2, -0.15) is 0 Å². The van der Waals surface area contributed by atoms with Crippen LogP contribution in [0, 0.1) is 5.82 Å². The number of piperidine rings is 1. The molecule has 0 bridgehead atoms. The summed E-state index contributed by atoms with van der Waals surface area (Å²) in [5, 5.41) is 0.460. The highest BCUT2D eigenvalue weighted by molar-refractivity contribution is 7.80. The molecule has 2 N–H and O–H groups in total. The van der Waals surface area contributed by atoms with Crippen LogP contribution in [0.15, 0.2) is 18.2 Å². The van der Waals surface area contributed by atoms with Gasteiger partial charge < -0.3 is 5.73 Å². The van der Waals surface area contributed by atoms with Gasteiger partial charge in [0.05, 0.1) is 11.0 Å². The van der Waals surface area contributed by atoms with Crippen molar-refractivity contribution >= 4 is 28.8 Å². The van der Waals surface area contributed by atoms with Crippen molar-refractivity contribution in [3.8, 4) is 0 Å². The second-order valence-electron chi connectivity index (χ2n) is 4.62. The summed E-state index contributed by atoms with van der Waals surface area (Å²) in [6, 6.07) is 4.63. The van der Waals surface area contributed by atoms with Crippen molar-refractivity contribution in [3.63, 3.8) is 0 Å². The fourth-order valence-electron chi connectivity index (χ4n) is 2.37. The topological polar surface area (TPSA) is 29.3 Å². The first kappa shape index (κ1) is 13.7. The van der Waals surface area contributed by atoms with Crippen LogP contribution < -0.4 is 5.73 Å². The predicted molar refractivity (Wildman–Crippen MR) is 76.2 cm³/mol.